The van der Waals surface area contributed by atoms with Crippen LogP contribution in [0.4, 0.5) is 0 Å². The first-order valence-corrected chi connectivity index (χ1v) is 10.5. The Morgan fingerprint density at radius 2 is 2.24 bits per heavy atom. The highest BCUT2D eigenvalue weighted by atomic mass is 127. The van der Waals surface area contributed by atoms with Crippen molar-refractivity contribution >= 4 is 35.8 Å². The Morgan fingerprint density at radius 1 is 1.41 bits per heavy atom. The molecule has 1 saturated carbocycles. The second-order valence-electron chi connectivity index (χ2n) is 8.41. The molecule has 1 aliphatic carbocycles. The van der Waals surface area contributed by atoms with Gasteiger partial charge in [0.25, 0.3) is 0 Å². The van der Waals surface area contributed by atoms with Gasteiger partial charge in [-0.3, -0.25) is 9.79 Å². The number of likely N-dealkylation sites (tertiary alicyclic amines) is 1. The van der Waals surface area contributed by atoms with Crippen LogP contribution in [-0.4, -0.2) is 54.5 Å². The van der Waals surface area contributed by atoms with Gasteiger partial charge in [-0.05, 0) is 50.2 Å². The van der Waals surface area contributed by atoms with Crippen LogP contribution in [0.5, 0.6) is 5.88 Å². The highest BCUT2D eigenvalue weighted by Gasteiger charge is 2.42. The summed E-state index contributed by atoms with van der Waals surface area (Å²) in [6.45, 7) is 3.31. The van der Waals surface area contributed by atoms with Crippen molar-refractivity contribution in [2.24, 2.45) is 10.4 Å². The molecule has 2 aliphatic heterocycles. The molecule has 0 aromatic carbocycles. The van der Waals surface area contributed by atoms with Gasteiger partial charge in [0.05, 0.1) is 0 Å². The van der Waals surface area contributed by atoms with Crippen molar-refractivity contribution in [3.63, 3.8) is 0 Å². The van der Waals surface area contributed by atoms with Gasteiger partial charge in [0.15, 0.2) is 5.96 Å². The van der Waals surface area contributed by atoms with E-state index in [2.05, 4.69) is 25.5 Å². The average molecular weight is 513 g/mol. The predicted molar refractivity (Wildman–Crippen MR) is 124 cm³/mol. The van der Waals surface area contributed by atoms with Gasteiger partial charge in [0.2, 0.25) is 11.8 Å². The molecule has 4 rings (SSSR count). The molecule has 1 aromatic rings. The number of aliphatic imine (C=N–C) groups is 1. The molecule has 1 aromatic heterocycles. The second kappa shape index (κ2) is 9.95. The van der Waals surface area contributed by atoms with Crippen molar-refractivity contribution in [3.8, 4) is 5.88 Å². The molecule has 2 N–H and O–H groups in total. The summed E-state index contributed by atoms with van der Waals surface area (Å²) in [4.78, 5) is 22.9. The topological polar surface area (TPSA) is 78.9 Å². The summed E-state index contributed by atoms with van der Waals surface area (Å²) in [6, 6.07) is 4.04. The van der Waals surface area contributed by atoms with Gasteiger partial charge < -0.3 is 20.3 Å². The third kappa shape index (κ3) is 5.52. The number of guanidine groups is 1. The van der Waals surface area contributed by atoms with Gasteiger partial charge in [0, 0.05) is 57.3 Å². The van der Waals surface area contributed by atoms with Crippen LogP contribution < -0.4 is 15.4 Å². The number of hydrogen-bond donors (Lipinski definition) is 2. The number of ether oxygens (including phenoxy) is 1. The van der Waals surface area contributed by atoms with Crippen LogP contribution in [0, 0.1) is 5.41 Å². The minimum atomic E-state index is 0. The molecule has 0 bridgehead atoms. The molecule has 1 amide bonds. The maximum absolute atomic E-state index is 11.7. The van der Waals surface area contributed by atoms with E-state index in [0.29, 0.717) is 24.9 Å². The van der Waals surface area contributed by atoms with E-state index in [1.165, 1.54) is 12.8 Å². The molecule has 0 radical (unpaired) electrons. The van der Waals surface area contributed by atoms with Crippen molar-refractivity contribution in [1.82, 2.24) is 20.5 Å². The highest BCUT2D eigenvalue weighted by molar-refractivity contribution is 14.0. The van der Waals surface area contributed by atoms with Crippen molar-refractivity contribution in [1.29, 1.82) is 0 Å². The third-order valence-electron chi connectivity index (χ3n) is 6.21. The number of nitrogens with one attached hydrogen (secondary N) is 2. The molecular weight excluding hydrogens is 481 g/mol. The number of rotatable bonds is 4. The second-order valence-corrected chi connectivity index (χ2v) is 8.41. The summed E-state index contributed by atoms with van der Waals surface area (Å²) >= 11 is 0. The lowest BCUT2D eigenvalue weighted by Crippen LogP contribution is -2.51. The Hall–Kier alpha value is -1.58. The summed E-state index contributed by atoms with van der Waals surface area (Å²) in [6.07, 6.45) is 9.71. The van der Waals surface area contributed by atoms with Crippen LogP contribution in [0.1, 0.15) is 50.5 Å². The van der Waals surface area contributed by atoms with E-state index >= 15 is 0 Å². The molecule has 29 heavy (non-hydrogen) atoms. The van der Waals surface area contributed by atoms with E-state index in [-0.39, 0.29) is 35.3 Å². The predicted octanol–water partition coefficient (Wildman–Crippen LogP) is 2.70. The zero-order valence-corrected chi connectivity index (χ0v) is 19.5. The lowest BCUT2D eigenvalue weighted by atomic mass is 9.79. The highest BCUT2D eigenvalue weighted by Crippen LogP contribution is 2.36. The van der Waals surface area contributed by atoms with Crippen molar-refractivity contribution in [2.45, 2.75) is 57.6 Å². The number of pyridine rings is 1. The number of halogens is 1. The van der Waals surface area contributed by atoms with Gasteiger partial charge in [-0.15, -0.1) is 24.0 Å². The molecule has 7 nitrogen and oxygen atoms in total. The van der Waals surface area contributed by atoms with Gasteiger partial charge >= 0.3 is 0 Å². The van der Waals surface area contributed by atoms with E-state index in [1.54, 1.807) is 0 Å². The van der Waals surface area contributed by atoms with Gasteiger partial charge in [-0.2, -0.15) is 0 Å². The Bertz CT molecular complexity index is 738. The zero-order valence-electron chi connectivity index (χ0n) is 17.2. The standard InChI is InChI=1S/C21H31N5O2.HI/c1-22-20(26-10-4-8-21(15-26)12-18(27)25-14-21)24-13-16-7-9-23-19(11-16)28-17-5-2-3-6-17;/h7,9,11,17H,2-6,8,10,12-15H2,1H3,(H,22,24)(H,25,27);1H. The quantitative estimate of drug-likeness (QED) is 0.368. The maximum atomic E-state index is 11.7. The van der Waals surface area contributed by atoms with Crippen LogP contribution in [0.25, 0.3) is 0 Å². The van der Waals surface area contributed by atoms with E-state index in [4.69, 9.17) is 4.74 Å². The Balaban J connectivity index is 0.00000240. The maximum Gasteiger partial charge on any atom is 0.220 e. The fourth-order valence-corrected chi connectivity index (χ4v) is 4.74. The minimum Gasteiger partial charge on any atom is -0.474 e. The molecule has 1 atom stereocenters. The number of amides is 1. The molecule has 3 aliphatic rings. The van der Waals surface area contributed by atoms with E-state index in [9.17, 15) is 4.79 Å². The number of carbonyl (C=O) groups excluding carboxylic acids is 1. The number of carbonyl (C=O) groups is 1. The van der Waals surface area contributed by atoms with Gasteiger partial charge in [0.1, 0.15) is 6.10 Å². The molecule has 160 valence electrons. The van der Waals surface area contributed by atoms with Crippen LogP contribution in [0.15, 0.2) is 23.3 Å². The monoisotopic (exact) mass is 513 g/mol. The van der Waals surface area contributed by atoms with Crippen molar-refractivity contribution < 1.29 is 9.53 Å². The Labute approximate surface area is 190 Å². The SMILES string of the molecule is CN=C(NCc1ccnc(OC2CCCC2)c1)N1CCCC2(CNC(=O)C2)C1.I. The smallest absolute Gasteiger partial charge is 0.220 e. The molecule has 2 saturated heterocycles. The lowest BCUT2D eigenvalue weighted by Gasteiger charge is -2.40. The van der Waals surface area contributed by atoms with Crippen molar-refractivity contribution in [2.75, 3.05) is 26.7 Å². The first-order valence-electron chi connectivity index (χ1n) is 10.5. The van der Waals surface area contributed by atoms with Crippen molar-refractivity contribution in [3.05, 3.63) is 23.9 Å². The fraction of sp³-hybridized carbons (Fsp3) is 0.667. The van der Waals surface area contributed by atoms with Gasteiger partial charge in [-0.1, -0.05) is 0 Å². The first kappa shape index (κ1) is 22.1. The number of piperidine rings is 1. The van der Waals surface area contributed by atoms with E-state index < -0.39 is 0 Å². The number of nitrogens with zero attached hydrogens (tertiary/aromatic N) is 3. The van der Waals surface area contributed by atoms with Crippen LogP contribution >= 0.6 is 24.0 Å². The Morgan fingerprint density at radius 3 is 2.97 bits per heavy atom. The van der Waals surface area contributed by atoms with E-state index in [1.807, 2.05) is 25.4 Å². The third-order valence-corrected chi connectivity index (χ3v) is 6.21. The average Bonchev–Trinajstić information content (AvgIpc) is 3.33. The molecule has 3 heterocycles. The summed E-state index contributed by atoms with van der Waals surface area (Å²) < 4.78 is 6.02. The van der Waals surface area contributed by atoms with Gasteiger partial charge in [-0.25, -0.2) is 4.98 Å². The molecule has 8 heteroatoms. The van der Waals surface area contributed by atoms with Crippen LogP contribution in [0.3, 0.4) is 0 Å². The number of hydrogen-bond acceptors (Lipinski definition) is 4. The molecule has 3 fully saturated rings. The normalized spacial score (nSPS) is 25.1. The molecule has 1 unspecified atom stereocenters. The summed E-state index contributed by atoms with van der Waals surface area (Å²) in [5.41, 5.74) is 1.19. The summed E-state index contributed by atoms with van der Waals surface area (Å²) in [7, 11) is 1.82. The number of aromatic nitrogens is 1. The largest absolute Gasteiger partial charge is 0.474 e. The lowest BCUT2D eigenvalue weighted by molar-refractivity contribution is -0.119. The van der Waals surface area contributed by atoms with Crippen LogP contribution in [-0.2, 0) is 11.3 Å². The molecule has 1 spiro atoms. The van der Waals surface area contributed by atoms with E-state index in [0.717, 1.165) is 56.8 Å². The summed E-state index contributed by atoms with van der Waals surface area (Å²) in [5.74, 6) is 1.79. The fourth-order valence-electron chi connectivity index (χ4n) is 4.74. The summed E-state index contributed by atoms with van der Waals surface area (Å²) in [5, 5.41) is 6.49. The Kier molecular flexibility index (Phi) is 7.59. The minimum absolute atomic E-state index is 0. The first-order chi connectivity index (χ1) is 13.7. The zero-order chi connectivity index (χ0) is 19.4. The van der Waals surface area contributed by atoms with Crippen LogP contribution in [0.2, 0.25) is 0 Å². The molecular formula is C21H32IN5O2.